The molecule has 1 aliphatic rings. The maximum absolute atomic E-state index is 13.1. The van der Waals surface area contributed by atoms with E-state index in [0.29, 0.717) is 35.5 Å². The van der Waals surface area contributed by atoms with Crippen LogP contribution in [0.4, 0.5) is 0 Å². The van der Waals surface area contributed by atoms with Crippen LogP contribution in [0.2, 0.25) is 0 Å². The van der Waals surface area contributed by atoms with Crippen LogP contribution in [0, 0.1) is 25.7 Å². The molecule has 3 atom stereocenters. The van der Waals surface area contributed by atoms with Crippen LogP contribution in [0.1, 0.15) is 52.3 Å². The zero-order chi connectivity index (χ0) is 22.0. The lowest BCUT2D eigenvalue weighted by molar-refractivity contribution is 0.0930. The molecule has 3 aromatic rings. The third-order valence-electron chi connectivity index (χ3n) is 6.02. The summed E-state index contributed by atoms with van der Waals surface area (Å²) in [7, 11) is 1.57. The van der Waals surface area contributed by atoms with E-state index in [-0.39, 0.29) is 11.9 Å². The number of carbonyl (C=O) groups excluding carboxylic acids is 1. The molecule has 4 rings (SSSR count). The number of rotatable bonds is 8. The molecular formula is C25H28N2O4. The van der Waals surface area contributed by atoms with Gasteiger partial charge in [-0.15, -0.1) is 0 Å². The topological polar surface area (TPSA) is 73.6 Å². The second kappa shape index (κ2) is 8.84. The molecule has 1 aromatic heterocycles. The highest BCUT2D eigenvalue weighted by Gasteiger charge is 2.41. The summed E-state index contributed by atoms with van der Waals surface area (Å²) in [5, 5.41) is 7.17. The number of nitrogens with one attached hydrogen (secondary N) is 1. The molecule has 1 heterocycles. The van der Waals surface area contributed by atoms with Crippen molar-refractivity contribution in [2.45, 2.75) is 39.8 Å². The van der Waals surface area contributed by atoms with Crippen molar-refractivity contribution in [3.05, 3.63) is 76.7 Å². The minimum atomic E-state index is -0.122. The highest BCUT2D eigenvalue weighted by Crippen LogP contribution is 2.47. The molecule has 1 saturated carbocycles. The second-order valence-corrected chi connectivity index (χ2v) is 8.20. The van der Waals surface area contributed by atoms with E-state index in [9.17, 15) is 4.79 Å². The quantitative estimate of drug-likeness (QED) is 0.555. The fourth-order valence-corrected chi connectivity index (χ4v) is 3.92. The van der Waals surface area contributed by atoms with Crippen molar-refractivity contribution in [3.8, 4) is 11.5 Å². The summed E-state index contributed by atoms with van der Waals surface area (Å²) in [4.78, 5) is 13.1. The Kier molecular flexibility index (Phi) is 5.98. The monoisotopic (exact) mass is 420 g/mol. The van der Waals surface area contributed by atoms with Crippen molar-refractivity contribution >= 4 is 5.91 Å². The van der Waals surface area contributed by atoms with Crippen molar-refractivity contribution in [1.82, 2.24) is 10.5 Å². The van der Waals surface area contributed by atoms with Crippen molar-refractivity contribution < 1.29 is 18.8 Å². The lowest BCUT2D eigenvalue weighted by Gasteiger charge is -2.20. The van der Waals surface area contributed by atoms with Gasteiger partial charge in [-0.1, -0.05) is 42.4 Å². The zero-order valence-electron chi connectivity index (χ0n) is 18.3. The molecule has 2 aromatic carbocycles. The second-order valence-electron chi connectivity index (χ2n) is 8.20. The van der Waals surface area contributed by atoms with Crippen LogP contribution in [-0.2, 0) is 6.61 Å². The van der Waals surface area contributed by atoms with Gasteiger partial charge in [0.05, 0.1) is 24.4 Å². The minimum absolute atomic E-state index is 0.00478. The fraction of sp³-hybridized carbons (Fsp3) is 0.360. The minimum Gasteiger partial charge on any atom is -0.493 e. The molecule has 6 nitrogen and oxygen atoms in total. The SMILES string of the molecule is COc1cc(C(=O)NC(c2ccccc2)C2CC2C)ccc1OCc1c(C)noc1C. The van der Waals surface area contributed by atoms with E-state index in [4.69, 9.17) is 14.0 Å². The highest BCUT2D eigenvalue weighted by atomic mass is 16.5. The van der Waals surface area contributed by atoms with Crippen LogP contribution < -0.4 is 14.8 Å². The standard InChI is InChI=1S/C25H28N2O4/c1-15-12-20(15)24(18-8-6-5-7-9-18)26-25(28)19-10-11-22(23(13-19)29-4)30-14-21-16(2)27-31-17(21)3/h5-11,13,15,20,24H,12,14H2,1-4H3,(H,26,28). The van der Waals surface area contributed by atoms with Gasteiger partial charge in [-0.3, -0.25) is 4.79 Å². The van der Waals surface area contributed by atoms with Gasteiger partial charge in [0.1, 0.15) is 12.4 Å². The predicted octanol–water partition coefficient (Wildman–Crippen LogP) is 5.01. The van der Waals surface area contributed by atoms with E-state index in [1.807, 2.05) is 32.0 Å². The molecule has 162 valence electrons. The van der Waals surface area contributed by atoms with Crippen LogP contribution in [0.25, 0.3) is 0 Å². The average Bonchev–Trinajstić information content (AvgIpc) is 3.43. The van der Waals surface area contributed by atoms with Crippen molar-refractivity contribution in [1.29, 1.82) is 0 Å². The van der Waals surface area contributed by atoms with Gasteiger partial charge in [0.2, 0.25) is 0 Å². The van der Waals surface area contributed by atoms with Gasteiger partial charge in [-0.2, -0.15) is 0 Å². The van der Waals surface area contributed by atoms with Gasteiger partial charge in [0, 0.05) is 5.56 Å². The maximum Gasteiger partial charge on any atom is 0.251 e. The van der Waals surface area contributed by atoms with E-state index in [1.165, 1.54) is 0 Å². The van der Waals surface area contributed by atoms with Crippen LogP contribution >= 0.6 is 0 Å². The molecular weight excluding hydrogens is 392 g/mol. The molecule has 1 amide bonds. The first-order valence-electron chi connectivity index (χ1n) is 10.6. The van der Waals surface area contributed by atoms with E-state index in [2.05, 4.69) is 29.5 Å². The number of ether oxygens (including phenoxy) is 2. The van der Waals surface area contributed by atoms with Gasteiger partial charge in [0.15, 0.2) is 11.5 Å². The molecule has 0 spiro atoms. The van der Waals surface area contributed by atoms with Crippen molar-refractivity contribution in [2.24, 2.45) is 11.8 Å². The van der Waals surface area contributed by atoms with Crippen molar-refractivity contribution in [2.75, 3.05) is 7.11 Å². The summed E-state index contributed by atoms with van der Waals surface area (Å²) >= 11 is 0. The Morgan fingerprint density at radius 3 is 2.55 bits per heavy atom. The summed E-state index contributed by atoms with van der Waals surface area (Å²) in [5.41, 5.74) is 3.38. The van der Waals surface area contributed by atoms with Crippen LogP contribution in [0.3, 0.4) is 0 Å². The third kappa shape index (κ3) is 4.58. The number of aromatic nitrogens is 1. The average molecular weight is 421 g/mol. The molecule has 6 heteroatoms. The Morgan fingerprint density at radius 1 is 1.19 bits per heavy atom. The number of carbonyl (C=O) groups is 1. The van der Waals surface area contributed by atoms with Crippen LogP contribution in [0.5, 0.6) is 11.5 Å². The number of benzene rings is 2. The summed E-state index contributed by atoms with van der Waals surface area (Å²) < 4.78 is 16.6. The molecule has 0 saturated heterocycles. The molecule has 31 heavy (non-hydrogen) atoms. The van der Waals surface area contributed by atoms with Gasteiger partial charge in [-0.05, 0) is 55.9 Å². The molecule has 1 fully saturated rings. The Hall–Kier alpha value is -3.28. The first kappa shape index (κ1) is 21.0. The summed E-state index contributed by atoms with van der Waals surface area (Å²) in [5.74, 6) is 2.76. The van der Waals surface area contributed by atoms with Gasteiger partial charge < -0.3 is 19.3 Å². The van der Waals surface area contributed by atoms with Crippen LogP contribution in [0.15, 0.2) is 53.1 Å². The summed E-state index contributed by atoms with van der Waals surface area (Å²) in [6.45, 7) is 6.27. The number of hydrogen-bond donors (Lipinski definition) is 1. The molecule has 1 N–H and O–H groups in total. The van der Waals surface area contributed by atoms with Gasteiger partial charge in [-0.25, -0.2) is 0 Å². The highest BCUT2D eigenvalue weighted by molar-refractivity contribution is 5.95. The lowest BCUT2D eigenvalue weighted by atomic mass is 10.0. The third-order valence-corrected chi connectivity index (χ3v) is 6.02. The number of aryl methyl sites for hydroxylation is 2. The number of nitrogens with zero attached hydrogens (tertiary/aromatic N) is 1. The van der Waals surface area contributed by atoms with Crippen molar-refractivity contribution in [3.63, 3.8) is 0 Å². The first-order valence-corrected chi connectivity index (χ1v) is 10.6. The summed E-state index contributed by atoms with van der Waals surface area (Å²) in [6, 6.07) is 15.4. The number of amides is 1. The predicted molar refractivity (Wildman–Crippen MR) is 117 cm³/mol. The Balaban J connectivity index is 1.49. The number of hydrogen-bond acceptors (Lipinski definition) is 5. The fourth-order valence-electron chi connectivity index (χ4n) is 3.92. The normalized spacial score (nSPS) is 18.3. The van der Waals surface area contributed by atoms with E-state index >= 15 is 0 Å². The molecule has 3 unspecified atom stereocenters. The van der Waals surface area contributed by atoms with E-state index in [1.54, 1.807) is 25.3 Å². The van der Waals surface area contributed by atoms with E-state index < -0.39 is 0 Å². The smallest absolute Gasteiger partial charge is 0.251 e. The molecule has 0 aliphatic heterocycles. The first-order chi connectivity index (χ1) is 15.0. The Labute approximate surface area is 182 Å². The largest absolute Gasteiger partial charge is 0.493 e. The van der Waals surface area contributed by atoms with Gasteiger partial charge in [0.25, 0.3) is 5.91 Å². The van der Waals surface area contributed by atoms with E-state index in [0.717, 1.165) is 29.0 Å². The molecule has 1 aliphatic carbocycles. The van der Waals surface area contributed by atoms with Gasteiger partial charge >= 0.3 is 0 Å². The maximum atomic E-state index is 13.1. The molecule has 0 radical (unpaired) electrons. The molecule has 0 bridgehead atoms. The lowest BCUT2D eigenvalue weighted by Crippen LogP contribution is -2.30. The zero-order valence-corrected chi connectivity index (χ0v) is 18.3. The van der Waals surface area contributed by atoms with Crippen LogP contribution in [-0.4, -0.2) is 18.2 Å². The summed E-state index contributed by atoms with van der Waals surface area (Å²) in [6.07, 6.45) is 1.12. The Morgan fingerprint density at radius 2 is 1.94 bits per heavy atom. The number of methoxy groups -OCH3 is 1. The Bertz CT molecular complexity index is 1040.